The Morgan fingerprint density at radius 3 is 2.64 bits per heavy atom. The lowest BCUT2D eigenvalue weighted by Gasteiger charge is -2.09. The highest BCUT2D eigenvalue weighted by Gasteiger charge is 2.01. The number of hydrogen-bond donors (Lipinski definition) is 2. The molecule has 4 nitrogen and oxygen atoms in total. The molecule has 0 saturated carbocycles. The van der Waals surface area contributed by atoms with Gasteiger partial charge in [-0.1, -0.05) is 24.3 Å². The van der Waals surface area contributed by atoms with E-state index in [2.05, 4.69) is 36.3 Å². The fourth-order valence-electron chi connectivity index (χ4n) is 2.21. The van der Waals surface area contributed by atoms with Crippen molar-refractivity contribution in [2.24, 2.45) is 10.7 Å². The van der Waals surface area contributed by atoms with Crippen molar-refractivity contribution in [3.05, 3.63) is 59.2 Å². The topological polar surface area (TPSA) is 59.6 Å². The molecule has 2 aromatic carbocycles. The molecule has 0 aliphatic heterocycles. The second kappa shape index (κ2) is 7.50. The lowest BCUT2D eigenvalue weighted by molar-refractivity contribution is 0.410. The molecule has 0 unspecified atom stereocenters. The molecule has 0 aliphatic carbocycles. The molecule has 116 valence electrons. The number of aliphatic imine (C=N–C) groups is 1. The lowest BCUT2D eigenvalue weighted by Crippen LogP contribution is -2.23. The Labute approximate surface area is 132 Å². The molecular weight excluding hydrogens is 274 g/mol. The predicted octanol–water partition coefficient (Wildman–Crippen LogP) is 3.28. The average molecular weight is 297 g/mol. The summed E-state index contributed by atoms with van der Waals surface area (Å²) in [5, 5.41) is 3.12. The summed E-state index contributed by atoms with van der Waals surface area (Å²) in [4.78, 5) is 4.37. The van der Waals surface area contributed by atoms with Crippen LogP contribution in [-0.2, 0) is 6.42 Å². The zero-order chi connectivity index (χ0) is 15.9. The number of para-hydroxylation sites is 1. The van der Waals surface area contributed by atoms with Crippen LogP contribution in [0, 0.1) is 13.8 Å². The largest absolute Gasteiger partial charge is 0.496 e. The third kappa shape index (κ3) is 4.25. The SMILES string of the molecule is COc1ccccc1CCN=C(N)Nc1ccc(C)c(C)c1. The number of guanidine groups is 1. The Kier molecular flexibility index (Phi) is 5.42. The summed E-state index contributed by atoms with van der Waals surface area (Å²) in [5.74, 6) is 1.32. The van der Waals surface area contributed by atoms with Gasteiger partial charge in [-0.05, 0) is 55.2 Å². The molecule has 2 aromatic rings. The molecule has 0 saturated heterocycles. The standard InChI is InChI=1S/C18H23N3O/c1-13-8-9-16(12-14(13)2)21-18(19)20-11-10-15-6-4-5-7-17(15)22-3/h4-9,12H,10-11H2,1-3H3,(H3,19,20,21). The minimum absolute atomic E-state index is 0.429. The van der Waals surface area contributed by atoms with Gasteiger partial charge >= 0.3 is 0 Å². The van der Waals surface area contributed by atoms with E-state index < -0.39 is 0 Å². The van der Waals surface area contributed by atoms with E-state index in [1.807, 2.05) is 30.3 Å². The van der Waals surface area contributed by atoms with Crippen molar-refractivity contribution in [3.8, 4) is 5.75 Å². The van der Waals surface area contributed by atoms with Gasteiger partial charge in [-0.3, -0.25) is 4.99 Å². The number of hydrogen-bond acceptors (Lipinski definition) is 2. The van der Waals surface area contributed by atoms with Crippen LogP contribution in [0.5, 0.6) is 5.75 Å². The van der Waals surface area contributed by atoms with E-state index in [1.54, 1.807) is 7.11 Å². The molecule has 0 heterocycles. The van der Waals surface area contributed by atoms with Crippen LogP contribution < -0.4 is 15.8 Å². The van der Waals surface area contributed by atoms with Crippen molar-refractivity contribution in [3.63, 3.8) is 0 Å². The van der Waals surface area contributed by atoms with E-state index >= 15 is 0 Å². The Morgan fingerprint density at radius 1 is 1.14 bits per heavy atom. The van der Waals surface area contributed by atoms with Crippen LogP contribution >= 0.6 is 0 Å². The van der Waals surface area contributed by atoms with E-state index in [0.717, 1.165) is 23.4 Å². The van der Waals surface area contributed by atoms with Crippen molar-refractivity contribution in [2.75, 3.05) is 19.0 Å². The van der Waals surface area contributed by atoms with E-state index in [1.165, 1.54) is 11.1 Å². The van der Waals surface area contributed by atoms with Gasteiger partial charge in [0.05, 0.1) is 7.11 Å². The highest BCUT2D eigenvalue weighted by Crippen LogP contribution is 2.17. The fraction of sp³-hybridized carbons (Fsp3) is 0.278. The summed E-state index contributed by atoms with van der Waals surface area (Å²) >= 11 is 0. The van der Waals surface area contributed by atoms with Gasteiger partial charge in [0.2, 0.25) is 0 Å². The number of anilines is 1. The normalized spacial score (nSPS) is 11.3. The fourth-order valence-corrected chi connectivity index (χ4v) is 2.21. The predicted molar refractivity (Wildman–Crippen MR) is 92.7 cm³/mol. The van der Waals surface area contributed by atoms with Crippen LogP contribution in [0.25, 0.3) is 0 Å². The third-order valence-corrected chi connectivity index (χ3v) is 3.64. The number of nitrogens with zero attached hydrogens (tertiary/aromatic N) is 1. The van der Waals surface area contributed by atoms with Crippen molar-refractivity contribution in [1.29, 1.82) is 0 Å². The summed E-state index contributed by atoms with van der Waals surface area (Å²) in [6.07, 6.45) is 0.791. The molecule has 0 bridgehead atoms. The van der Waals surface area contributed by atoms with Crippen molar-refractivity contribution in [2.45, 2.75) is 20.3 Å². The number of nitrogens with one attached hydrogen (secondary N) is 1. The van der Waals surface area contributed by atoms with Gasteiger partial charge in [0.1, 0.15) is 5.75 Å². The Bertz CT molecular complexity index is 665. The van der Waals surface area contributed by atoms with Gasteiger partial charge < -0.3 is 15.8 Å². The van der Waals surface area contributed by atoms with Crippen LogP contribution in [0.2, 0.25) is 0 Å². The summed E-state index contributed by atoms with van der Waals surface area (Å²) in [7, 11) is 1.68. The van der Waals surface area contributed by atoms with Gasteiger partial charge in [0.15, 0.2) is 5.96 Å². The zero-order valence-corrected chi connectivity index (χ0v) is 13.4. The van der Waals surface area contributed by atoms with Crippen LogP contribution in [0.3, 0.4) is 0 Å². The lowest BCUT2D eigenvalue weighted by atomic mass is 10.1. The number of ether oxygens (including phenoxy) is 1. The maximum absolute atomic E-state index is 5.94. The van der Waals surface area contributed by atoms with Crippen LogP contribution in [0.4, 0.5) is 5.69 Å². The van der Waals surface area contributed by atoms with Crippen LogP contribution in [-0.4, -0.2) is 19.6 Å². The smallest absolute Gasteiger partial charge is 0.193 e. The van der Waals surface area contributed by atoms with E-state index in [0.29, 0.717) is 12.5 Å². The second-order valence-electron chi connectivity index (χ2n) is 5.25. The molecule has 4 heteroatoms. The minimum atomic E-state index is 0.429. The highest BCUT2D eigenvalue weighted by molar-refractivity contribution is 5.92. The summed E-state index contributed by atoms with van der Waals surface area (Å²) in [5.41, 5.74) is 10.5. The Morgan fingerprint density at radius 2 is 1.91 bits per heavy atom. The number of methoxy groups -OCH3 is 1. The third-order valence-electron chi connectivity index (χ3n) is 3.64. The Balaban J connectivity index is 1.93. The minimum Gasteiger partial charge on any atom is -0.496 e. The van der Waals surface area contributed by atoms with E-state index in [4.69, 9.17) is 10.5 Å². The number of benzene rings is 2. The summed E-state index contributed by atoms with van der Waals surface area (Å²) < 4.78 is 5.33. The van der Waals surface area contributed by atoms with Crippen molar-refractivity contribution >= 4 is 11.6 Å². The Hall–Kier alpha value is -2.49. The van der Waals surface area contributed by atoms with Gasteiger partial charge in [-0.15, -0.1) is 0 Å². The van der Waals surface area contributed by atoms with Crippen molar-refractivity contribution in [1.82, 2.24) is 0 Å². The summed E-state index contributed by atoms with van der Waals surface area (Å²) in [6.45, 7) is 4.78. The quantitative estimate of drug-likeness (QED) is 0.657. The maximum atomic E-state index is 5.94. The van der Waals surface area contributed by atoms with Gasteiger partial charge in [-0.2, -0.15) is 0 Å². The monoisotopic (exact) mass is 297 g/mol. The maximum Gasteiger partial charge on any atom is 0.193 e. The first-order valence-electron chi connectivity index (χ1n) is 7.36. The van der Waals surface area contributed by atoms with E-state index in [9.17, 15) is 0 Å². The zero-order valence-electron chi connectivity index (χ0n) is 13.4. The van der Waals surface area contributed by atoms with Gasteiger partial charge in [0, 0.05) is 12.2 Å². The van der Waals surface area contributed by atoms with Crippen LogP contribution in [0.1, 0.15) is 16.7 Å². The van der Waals surface area contributed by atoms with Gasteiger partial charge in [0.25, 0.3) is 0 Å². The highest BCUT2D eigenvalue weighted by atomic mass is 16.5. The molecule has 0 atom stereocenters. The molecule has 0 radical (unpaired) electrons. The average Bonchev–Trinajstić information content (AvgIpc) is 2.51. The molecule has 2 rings (SSSR count). The first-order chi connectivity index (χ1) is 10.6. The van der Waals surface area contributed by atoms with E-state index in [-0.39, 0.29) is 0 Å². The summed E-state index contributed by atoms with van der Waals surface area (Å²) in [6, 6.07) is 14.1. The molecular formula is C18H23N3O. The molecule has 0 amide bonds. The molecule has 22 heavy (non-hydrogen) atoms. The molecule has 0 aliphatic rings. The number of nitrogens with two attached hydrogens (primary N) is 1. The number of aryl methyl sites for hydroxylation is 2. The molecule has 0 spiro atoms. The van der Waals surface area contributed by atoms with Gasteiger partial charge in [-0.25, -0.2) is 0 Å². The molecule has 0 aromatic heterocycles. The second-order valence-corrected chi connectivity index (χ2v) is 5.25. The molecule has 3 N–H and O–H groups in total. The number of rotatable bonds is 5. The molecule has 0 fully saturated rings. The first kappa shape index (κ1) is 15.9. The van der Waals surface area contributed by atoms with Crippen molar-refractivity contribution < 1.29 is 4.74 Å². The first-order valence-corrected chi connectivity index (χ1v) is 7.36. The van der Waals surface area contributed by atoms with Crippen LogP contribution in [0.15, 0.2) is 47.5 Å².